The highest BCUT2D eigenvalue weighted by molar-refractivity contribution is 7.09. The Morgan fingerprint density at radius 2 is 2.11 bits per heavy atom. The number of hydrogen-bond acceptors (Lipinski definition) is 5. The summed E-state index contributed by atoms with van der Waals surface area (Å²) in [6.07, 6.45) is 0. The van der Waals surface area contributed by atoms with Crippen LogP contribution in [0.2, 0.25) is 0 Å². The molecule has 1 aromatic heterocycles. The summed E-state index contributed by atoms with van der Waals surface area (Å²) >= 11 is 1.07. The van der Waals surface area contributed by atoms with Gasteiger partial charge >= 0.3 is 12.0 Å². The zero-order valence-corrected chi connectivity index (χ0v) is 10.7. The predicted octanol–water partition coefficient (Wildman–Crippen LogP) is 2.19. The van der Waals surface area contributed by atoms with E-state index < -0.39 is 12.0 Å². The van der Waals surface area contributed by atoms with E-state index in [9.17, 15) is 9.59 Å². The van der Waals surface area contributed by atoms with E-state index in [0.717, 1.165) is 11.5 Å². The number of aromatic carboxylic acids is 1. The van der Waals surface area contributed by atoms with Crippen LogP contribution in [0.15, 0.2) is 24.3 Å². The van der Waals surface area contributed by atoms with Crippen molar-refractivity contribution in [2.75, 3.05) is 10.6 Å². The molecule has 7 nitrogen and oxygen atoms in total. The Balaban J connectivity index is 2.02. The normalized spacial score (nSPS) is 9.95. The SMILES string of the molecule is Cc1nsc(NC(=O)Nc2cccc(C(=O)O)c2)n1. The largest absolute Gasteiger partial charge is 0.478 e. The molecule has 8 heteroatoms. The van der Waals surface area contributed by atoms with Gasteiger partial charge in [0.1, 0.15) is 5.82 Å². The van der Waals surface area contributed by atoms with E-state index in [4.69, 9.17) is 5.11 Å². The van der Waals surface area contributed by atoms with Gasteiger partial charge in [-0.3, -0.25) is 5.32 Å². The van der Waals surface area contributed by atoms with Gasteiger partial charge < -0.3 is 10.4 Å². The molecule has 0 fully saturated rings. The molecule has 2 aromatic rings. The average Bonchev–Trinajstić information content (AvgIpc) is 2.74. The molecule has 1 aromatic carbocycles. The van der Waals surface area contributed by atoms with Crippen LogP contribution in [-0.4, -0.2) is 26.5 Å². The van der Waals surface area contributed by atoms with Crippen LogP contribution in [0.4, 0.5) is 15.6 Å². The molecule has 0 saturated carbocycles. The Labute approximate surface area is 112 Å². The number of hydrogen-bond donors (Lipinski definition) is 3. The van der Waals surface area contributed by atoms with Gasteiger partial charge in [-0.1, -0.05) is 6.07 Å². The third-order valence-corrected chi connectivity index (χ3v) is 2.84. The number of anilines is 2. The molecule has 0 saturated heterocycles. The Morgan fingerprint density at radius 1 is 1.32 bits per heavy atom. The van der Waals surface area contributed by atoms with Gasteiger partial charge in [-0.25, -0.2) is 14.6 Å². The summed E-state index contributed by atoms with van der Waals surface area (Å²) in [6.45, 7) is 1.72. The lowest BCUT2D eigenvalue weighted by atomic mass is 10.2. The average molecular weight is 278 g/mol. The first-order valence-corrected chi connectivity index (χ1v) is 6.03. The van der Waals surface area contributed by atoms with Gasteiger partial charge in [0.2, 0.25) is 5.13 Å². The second-order valence-corrected chi connectivity index (χ2v) is 4.36. The predicted molar refractivity (Wildman–Crippen MR) is 70.7 cm³/mol. The van der Waals surface area contributed by atoms with Crippen molar-refractivity contribution in [2.24, 2.45) is 0 Å². The third kappa shape index (κ3) is 3.49. The number of carbonyl (C=O) groups is 2. The van der Waals surface area contributed by atoms with E-state index in [-0.39, 0.29) is 5.56 Å². The number of rotatable bonds is 3. The quantitative estimate of drug-likeness (QED) is 0.798. The topological polar surface area (TPSA) is 104 Å². The molecule has 2 amide bonds. The lowest BCUT2D eigenvalue weighted by Crippen LogP contribution is -2.19. The summed E-state index contributed by atoms with van der Waals surface area (Å²) in [4.78, 5) is 26.4. The van der Waals surface area contributed by atoms with Gasteiger partial charge in [-0.05, 0) is 25.1 Å². The first kappa shape index (κ1) is 13.0. The minimum absolute atomic E-state index is 0.101. The maximum atomic E-state index is 11.6. The molecule has 0 spiro atoms. The molecule has 19 heavy (non-hydrogen) atoms. The zero-order valence-electron chi connectivity index (χ0n) is 9.88. The minimum atomic E-state index is -1.05. The van der Waals surface area contributed by atoms with Crippen LogP contribution in [0.1, 0.15) is 16.2 Å². The Bertz CT molecular complexity index is 626. The fourth-order valence-corrected chi connectivity index (χ4v) is 1.91. The molecule has 2 rings (SSSR count). The minimum Gasteiger partial charge on any atom is -0.478 e. The van der Waals surface area contributed by atoms with E-state index >= 15 is 0 Å². The van der Waals surface area contributed by atoms with E-state index in [0.29, 0.717) is 16.6 Å². The van der Waals surface area contributed by atoms with Crippen molar-refractivity contribution in [3.8, 4) is 0 Å². The molecule has 3 N–H and O–H groups in total. The number of nitrogens with one attached hydrogen (secondary N) is 2. The third-order valence-electron chi connectivity index (χ3n) is 2.12. The summed E-state index contributed by atoms with van der Waals surface area (Å²) in [5.41, 5.74) is 0.489. The van der Waals surface area contributed by atoms with Crippen LogP contribution in [0.5, 0.6) is 0 Å². The Morgan fingerprint density at radius 3 is 2.74 bits per heavy atom. The van der Waals surface area contributed by atoms with Gasteiger partial charge in [-0.2, -0.15) is 4.37 Å². The van der Waals surface area contributed by atoms with Crippen LogP contribution in [0, 0.1) is 6.92 Å². The molecule has 0 aliphatic heterocycles. The van der Waals surface area contributed by atoms with E-state index in [2.05, 4.69) is 20.0 Å². The fourth-order valence-electron chi connectivity index (χ4n) is 1.34. The van der Waals surface area contributed by atoms with E-state index in [1.165, 1.54) is 12.1 Å². The van der Waals surface area contributed by atoms with Crippen molar-refractivity contribution in [3.05, 3.63) is 35.7 Å². The summed E-state index contributed by atoms with van der Waals surface area (Å²) in [5, 5.41) is 14.2. The van der Waals surface area contributed by atoms with Gasteiger partial charge in [-0.15, -0.1) is 0 Å². The van der Waals surface area contributed by atoms with Crippen LogP contribution < -0.4 is 10.6 Å². The highest BCUT2D eigenvalue weighted by Crippen LogP contribution is 2.13. The maximum absolute atomic E-state index is 11.6. The smallest absolute Gasteiger partial charge is 0.335 e. The number of carbonyl (C=O) groups excluding carboxylic acids is 1. The monoisotopic (exact) mass is 278 g/mol. The number of aryl methyl sites for hydroxylation is 1. The van der Waals surface area contributed by atoms with Gasteiger partial charge in [0.05, 0.1) is 5.56 Å². The molecule has 0 radical (unpaired) electrons. The fraction of sp³-hybridized carbons (Fsp3) is 0.0909. The Kier molecular flexibility index (Phi) is 3.71. The number of carboxylic acid groups (broad SMARTS) is 1. The number of carboxylic acids is 1. The molecule has 98 valence electrons. The molecule has 1 heterocycles. The second-order valence-electron chi connectivity index (χ2n) is 3.61. The summed E-state index contributed by atoms with van der Waals surface area (Å²) < 4.78 is 3.92. The number of urea groups is 1. The van der Waals surface area contributed by atoms with Crippen LogP contribution in [-0.2, 0) is 0 Å². The highest BCUT2D eigenvalue weighted by atomic mass is 32.1. The standard InChI is InChI=1S/C11H10N4O3S/c1-6-12-11(19-15-6)14-10(18)13-8-4-2-3-7(5-8)9(16)17/h2-5H,1H3,(H,16,17)(H2,12,13,14,15,18). The van der Waals surface area contributed by atoms with Crippen molar-refractivity contribution >= 4 is 34.4 Å². The van der Waals surface area contributed by atoms with E-state index in [1.54, 1.807) is 19.1 Å². The first-order valence-electron chi connectivity index (χ1n) is 5.26. The van der Waals surface area contributed by atoms with Crippen molar-refractivity contribution in [2.45, 2.75) is 6.92 Å². The molecule has 0 aliphatic rings. The summed E-state index contributed by atoms with van der Waals surface area (Å²) in [6, 6.07) is 5.46. The lowest BCUT2D eigenvalue weighted by molar-refractivity contribution is 0.0697. The van der Waals surface area contributed by atoms with Crippen LogP contribution in [0.25, 0.3) is 0 Å². The van der Waals surface area contributed by atoms with Crippen molar-refractivity contribution in [1.82, 2.24) is 9.36 Å². The molecular weight excluding hydrogens is 268 g/mol. The number of aromatic nitrogens is 2. The van der Waals surface area contributed by atoms with Crippen molar-refractivity contribution < 1.29 is 14.7 Å². The van der Waals surface area contributed by atoms with Gasteiger partial charge in [0.25, 0.3) is 0 Å². The summed E-state index contributed by atoms with van der Waals surface area (Å²) in [5.74, 6) is -0.475. The van der Waals surface area contributed by atoms with Gasteiger partial charge in [0, 0.05) is 17.2 Å². The van der Waals surface area contributed by atoms with Crippen LogP contribution in [0.3, 0.4) is 0 Å². The summed E-state index contributed by atoms with van der Waals surface area (Å²) in [7, 11) is 0. The molecule has 0 aliphatic carbocycles. The highest BCUT2D eigenvalue weighted by Gasteiger charge is 2.08. The molecular formula is C11H10N4O3S. The van der Waals surface area contributed by atoms with Crippen molar-refractivity contribution in [1.29, 1.82) is 0 Å². The first-order chi connectivity index (χ1) is 9.04. The zero-order chi connectivity index (χ0) is 13.8. The maximum Gasteiger partial charge on any atom is 0.335 e. The van der Waals surface area contributed by atoms with E-state index in [1.807, 2.05) is 0 Å². The molecule has 0 unspecified atom stereocenters. The van der Waals surface area contributed by atoms with Crippen molar-refractivity contribution in [3.63, 3.8) is 0 Å². The number of nitrogens with zero attached hydrogens (tertiary/aromatic N) is 2. The van der Waals surface area contributed by atoms with Gasteiger partial charge in [0.15, 0.2) is 0 Å². The molecule has 0 bridgehead atoms. The molecule has 0 atom stereocenters. The number of amides is 2. The number of benzene rings is 1. The second kappa shape index (κ2) is 5.44. The Hall–Kier alpha value is -2.48. The lowest BCUT2D eigenvalue weighted by Gasteiger charge is -2.05. The van der Waals surface area contributed by atoms with Crippen LogP contribution >= 0.6 is 11.5 Å².